The van der Waals surface area contributed by atoms with E-state index in [1.54, 1.807) is 38.4 Å². The van der Waals surface area contributed by atoms with Gasteiger partial charge in [-0.2, -0.15) is 8.78 Å². The van der Waals surface area contributed by atoms with Crippen LogP contribution in [0.5, 0.6) is 5.75 Å². The number of hydrogen-bond acceptors (Lipinski definition) is 4. The maximum absolute atomic E-state index is 12.4. The first-order valence-corrected chi connectivity index (χ1v) is 8.37. The van der Waals surface area contributed by atoms with Crippen LogP contribution in [0.3, 0.4) is 0 Å². The average molecular weight is 363 g/mol. The maximum Gasteiger partial charge on any atom is 0.387 e. The van der Waals surface area contributed by atoms with Gasteiger partial charge in [0.2, 0.25) is 5.91 Å². The van der Waals surface area contributed by atoms with Crippen molar-refractivity contribution in [3.63, 3.8) is 0 Å². The standard InChI is InChI=1S/C19H23F2N3O2/c1-13-8-16(9-14(2)18(13)26-19(20)21)11-23-7-5-17(25)24-12-15-4-3-6-22-10-15/h3-4,6,8-10,19,23H,5,7,11-12H2,1-2H3,(H,24,25). The molecule has 0 bridgehead atoms. The minimum Gasteiger partial charge on any atom is -0.434 e. The zero-order valence-corrected chi connectivity index (χ0v) is 14.9. The molecule has 0 spiro atoms. The number of ether oxygens (including phenoxy) is 1. The lowest BCUT2D eigenvalue weighted by Crippen LogP contribution is -2.27. The maximum atomic E-state index is 12.4. The minimum absolute atomic E-state index is 0.0469. The molecule has 0 radical (unpaired) electrons. The van der Waals surface area contributed by atoms with Crippen LogP contribution in [0.4, 0.5) is 8.78 Å². The van der Waals surface area contributed by atoms with Crippen molar-refractivity contribution in [1.29, 1.82) is 0 Å². The first-order valence-electron chi connectivity index (χ1n) is 8.37. The van der Waals surface area contributed by atoms with Gasteiger partial charge in [-0.25, -0.2) is 0 Å². The molecule has 1 heterocycles. The summed E-state index contributed by atoms with van der Waals surface area (Å²) < 4.78 is 29.3. The van der Waals surface area contributed by atoms with Crippen molar-refractivity contribution in [2.45, 2.75) is 40.0 Å². The predicted octanol–water partition coefficient (Wildman–Crippen LogP) is 3.10. The molecule has 5 nitrogen and oxygen atoms in total. The Bertz CT molecular complexity index is 701. The van der Waals surface area contributed by atoms with E-state index in [1.165, 1.54) is 0 Å². The third kappa shape index (κ3) is 6.40. The van der Waals surface area contributed by atoms with Crippen LogP contribution < -0.4 is 15.4 Å². The molecule has 0 saturated heterocycles. The van der Waals surface area contributed by atoms with Crippen LogP contribution in [0.2, 0.25) is 0 Å². The van der Waals surface area contributed by atoms with Crippen molar-refractivity contribution in [1.82, 2.24) is 15.6 Å². The van der Waals surface area contributed by atoms with E-state index in [4.69, 9.17) is 0 Å². The fourth-order valence-electron chi connectivity index (χ4n) is 2.64. The number of pyridine rings is 1. The summed E-state index contributed by atoms with van der Waals surface area (Å²) in [6.45, 7) is 2.16. The molecule has 1 amide bonds. The number of aryl methyl sites for hydroxylation is 2. The largest absolute Gasteiger partial charge is 0.434 e. The lowest BCUT2D eigenvalue weighted by atomic mass is 10.1. The van der Waals surface area contributed by atoms with E-state index in [9.17, 15) is 13.6 Å². The second-order valence-electron chi connectivity index (χ2n) is 6.00. The number of rotatable bonds is 9. The Morgan fingerprint density at radius 3 is 2.54 bits per heavy atom. The molecular weight excluding hydrogens is 340 g/mol. The number of carbonyl (C=O) groups is 1. The molecule has 0 saturated carbocycles. The molecule has 0 aliphatic rings. The summed E-state index contributed by atoms with van der Waals surface area (Å²) in [6, 6.07) is 7.34. The first kappa shape index (κ1) is 19.8. The summed E-state index contributed by atoms with van der Waals surface area (Å²) in [5.74, 6) is 0.174. The van der Waals surface area contributed by atoms with Gasteiger partial charge in [-0.05, 0) is 42.2 Å². The van der Waals surface area contributed by atoms with Crippen molar-refractivity contribution >= 4 is 5.91 Å². The molecule has 0 unspecified atom stereocenters. The first-order chi connectivity index (χ1) is 12.5. The van der Waals surface area contributed by atoms with Crippen LogP contribution >= 0.6 is 0 Å². The number of benzene rings is 1. The quantitative estimate of drug-likeness (QED) is 0.672. The molecule has 26 heavy (non-hydrogen) atoms. The van der Waals surface area contributed by atoms with E-state index in [0.717, 1.165) is 11.1 Å². The molecule has 2 aromatic rings. The lowest BCUT2D eigenvalue weighted by molar-refractivity contribution is -0.121. The molecule has 1 aromatic heterocycles. The van der Waals surface area contributed by atoms with Crippen molar-refractivity contribution in [3.05, 3.63) is 58.9 Å². The summed E-state index contributed by atoms with van der Waals surface area (Å²) in [6.07, 6.45) is 3.75. The van der Waals surface area contributed by atoms with Gasteiger partial charge in [0.25, 0.3) is 0 Å². The summed E-state index contributed by atoms with van der Waals surface area (Å²) in [5.41, 5.74) is 3.23. The second kappa shape index (κ2) is 9.82. The van der Waals surface area contributed by atoms with Gasteiger partial charge in [0.1, 0.15) is 5.75 Å². The fraction of sp³-hybridized carbons (Fsp3) is 0.368. The van der Waals surface area contributed by atoms with E-state index in [0.29, 0.717) is 37.2 Å². The van der Waals surface area contributed by atoms with E-state index < -0.39 is 6.61 Å². The van der Waals surface area contributed by atoms with Crippen LogP contribution in [-0.4, -0.2) is 24.0 Å². The molecule has 140 valence electrons. The summed E-state index contributed by atoms with van der Waals surface area (Å²) in [4.78, 5) is 15.8. The van der Waals surface area contributed by atoms with Gasteiger partial charge in [-0.3, -0.25) is 9.78 Å². The molecular formula is C19H23F2N3O2. The highest BCUT2D eigenvalue weighted by Gasteiger charge is 2.11. The predicted molar refractivity (Wildman–Crippen MR) is 95.0 cm³/mol. The normalized spacial score (nSPS) is 10.8. The van der Waals surface area contributed by atoms with Crippen LogP contribution in [0.1, 0.15) is 28.7 Å². The number of hydrogen-bond donors (Lipinski definition) is 2. The zero-order chi connectivity index (χ0) is 18.9. The van der Waals surface area contributed by atoms with Gasteiger partial charge in [0, 0.05) is 38.4 Å². The Balaban J connectivity index is 1.73. The van der Waals surface area contributed by atoms with Crippen LogP contribution in [0, 0.1) is 13.8 Å². The topological polar surface area (TPSA) is 63.2 Å². The number of nitrogens with zero attached hydrogens (tertiary/aromatic N) is 1. The van der Waals surface area contributed by atoms with Gasteiger partial charge in [-0.15, -0.1) is 0 Å². The Labute approximate surface area is 151 Å². The second-order valence-corrected chi connectivity index (χ2v) is 6.00. The Morgan fingerprint density at radius 2 is 1.92 bits per heavy atom. The van der Waals surface area contributed by atoms with Crippen molar-refractivity contribution in [3.8, 4) is 5.75 Å². The molecule has 0 aliphatic heterocycles. The monoisotopic (exact) mass is 363 g/mol. The van der Waals surface area contributed by atoms with Gasteiger partial charge >= 0.3 is 6.61 Å². The van der Waals surface area contributed by atoms with Gasteiger partial charge in [0.15, 0.2) is 0 Å². The third-order valence-electron chi connectivity index (χ3n) is 3.80. The molecule has 0 atom stereocenters. The molecule has 0 aliphatic carbocycles. The number of halogens is 2. The minimum atomic E-state index is -2.83. The van der Waals surface area contributed by atoms with Gasteiger partial charge in [-0.1, -0.05) is 18.2 Å². The Morgan fingerprint density at radius 1 is 1.19 bits per heavy atom. The highest BCUT2D eigenvalue weighted by Crippen LogP contribution is 2.26. The highest BCUT2D eigenvalue weighted by atomic mass is 19.3. The third-order valence-corrected chi connectivity index (χ3v) is 3.80. The van der Waals surface area contributed by atoms with Crippen molar-refractivity contribution < 1.29 is 18.3 Å². The summed E-state index contributed by atoms with van der Waals surface area (Å²) >= 11 is 0. The van der Waals surface area contributed by atoms with Crippen LogP contribution in [0.25, 0.3) is 0 Å². The van der Waals surface area contributed by atoms with Crippen molar-refractivity contribution in [2.24, 2.45) is 0 Å². The number of carbonyl (C=O) groups excluding carboxylic acids is 1. The summed E-state index contributed by atoms with van der Waals surface area (Å²) in [5, 5.41) is 6.02. The van der Waals surface area contributed by atoms with E-state index in [-0.39, 0.29) is 11.7 Å². The molecule has 1 aromatic carbocycles. The molecule has 2 N–H and O–H groups in total. The zero-order valence-electron chi connectivity index (χ0n) is 14.9. The summed E-state index contributed by atoms with van der Waals surface area (Å²) in [7, 11) is 0. The van der Waals surface area contributed by atoms with E-state index in [1.807, 2.05) is 12.1 Å². The SMILES string of the molecule is Cc1cc(CNCCC(=O)NCc2cccnc2)cc(C)c1OC(F)F. The smallest absolute Gasteiger partial charge is 0.387 e. The average Bonchev–Trinajstić information content (AvgIpc) is 2.61. The van der Waals surface area contributed by atoms with Crippen LogP contribution in [-0.2, 0) is 17.9 Å². The number of amides is 1. The molecule has 0 fully saturated rings. The van der Waals surface area contributed by atoms with E-state index in [2.05, 4.69) is 20.4 Å². The number of aromatic nitrogens is 1. The highest BCUT2D eigenvalue weighted by molar-refractivity contribution is 5.76. The Hall–Kier alpha value is -2.54. The molecule has 7 heteroatoms. The fourth-order valence-corrected chi connectivity index (χ4v) is 2.64. The van der Waals surface area contributed by atoms with Crippen LogP contribution in [0.15, 0.2) is 36.7 Å². The van der Waals surface area contributed by atoms with E-state index >= 15 is 0 Å². The van der Waals surface area contributed by atoms with Gasteiger partial charge < -0.3 is 15.4 Å². The van der Waals surface area contributed by atoms with Crippen molar-refractivity contribution in [2.75, 3.05) is 6.54 Å². The number of nitrogens with one attached hydrogen (secondary N) is 2. The Kier molecular flexibility index (Phi) is 7.47. The molecule has 2 rings (SSSR count). The lowest BCUT2D eigenvalue weighted by Gasteiger charge is -2.13. The van der Waals surface area contributed by atoms with Gasteiger partial charge in [0.05, 0.1) is 0 Å². The number of alkyl halides is 2.